The summed E-state index contributed by atoms with van der Waals surface area (Å²) < 4.78 is 40.6. The second-order valence-electron chi connectivity index (χ2n) is 7.82. The van der Waals surface area contributed by atoms with Crippen LogP contribution in [0.25, 0.3) is 5.69 Å². The topological polar surface area (TPSA) is 53.4 Å². The lowest BCUT2D eigenvalue weighted by atomic mass is 10.2. The van der Waals surface area contributed by atoms with Gasteiger partial charge in [0, 0.05) is 49.9 Å². The SMILES string of the molecule is Cc1ccc(-n2ccnc2N2CCN(CC(=O)Nc3cccc(C(F)(F)F)c3)CC2)cc1. The van der Waals surface area contributed by atoms with Gasteiger partial charge in [-0.3, -0.25) is 14.3 Å². The maximum Gasteiger partial charge on any atom is 0.416 e. The summed E-state index contributed by atoms with van der Waals surface area (Å²) in [5, 5.41) is 2.56. The number of aryl methyl sites for hydroxylation is 1. The van der Waals surface area contributed by atoms with Gasteiger partial charge >= 0.3 is 6.18 Å². The summed E-state index contributed by atoms with van der Waals surface area (Å²) in [6.45, 7) is 4.85. The number of carbonyl (C=O) groups is 1. The Hall–Kier alpha value is -3.33. The van der Waals surface area contributed by atoms with Crippen molar-refractivity contribution in [3.63, 3.8) is 0 Å². The van der Waals surface area contributed by atoms with Crippen molar-refractivity contribution >= 4 is 17.5 Å². The number of aromatic nitrogens is 2. The number of imidazole rings is 1. The largest absolute Gasteiger partial charge is 0.416 e. The van der Waals surface area contributed by atoms with Gasteiger partial charge < -0.3 is 10.2 Å². The molecule has 1 saturated heterocycles. The third kappa shape index (κ3) is 5.11. The molecule has 1 amide bonds. The molecule has 0 unspecified atom stereocenters. The average molecular weight is 443 g/mol. The molecule has 3 aromatic rings. The summed E-state index contributed by atoms with van der Waals surface area (Å²) >= 11 is 0. The minimum absolute atomic E-state index is 0.122. The highest BCUT2D eigenvalue weighted by molar-refractivity contribution is 5.92. The number of piperazine rings is 1. The third-order valence-electron chi connectivity index (χ3n) is 5.43. The Morgan fingerprint density at radius 3 is 2.47 bits per heavy atom. The average Bonchev–Trinajstić information content (AvgIpc) is 3.24. The molecule has 1 N–H and O–H groups in total. The molecule has 0 saturated carbocycles. The van der Waals surface area contributed by atoms with Gasteiger partial charge in [0.15, 0.2) is 0 Å². The van der Waals surface area contributed by atoms with Crippen LogP contribution in [-0.2, 0) is 11.0 Å². The second-order valence-corrected chi connectivity index (χ2v) is 7.82. The van der Waals surface area contributed by atoms with E-state index in [-0.39, 0.29) is 18.1 Å². The molecule has 4 rings (SSSR count). The number of benzene rings is 2. The number of nitrogens with one attached hydrogen (secondary N) is 1. The van der Waals surface area contributed by atoms with Crippen molar-refractivity contribution < 1.29 is 18.0 Å². The van der Waals surface area contributed by atoms with Gasteiger partial charge in [0.25, 0.3) is 0 Å². The fraction of sp³-hybridized carbons (Fsp3) is 0.304. The molecule has 2 aromatic carbocycles. The standard InChI is InChI=1S/C23H24F3N5O/c1-17-5-7-20(8-6-17)31-10-9-27-22(31)30-13-11-29(12-14-30)16-21(32)28-19-4-2-3-18(15-19)23(24,25)26/h2-10,15H,11-14,16H2,1H3,(H,28,32). The van der Waals surface area contributed by atoms with Gasteiger partial charge in [-0.15, -0.1) is 0 Å². The van der Waals surface area contributed by atoms with Crippen LogP contribution in [0.3, 0.4) is 0 Å². The van der Waals surface area contributed by atoms with Gasteiger partial charge in [-0.05, 0) is 37.3 Å². The smallest absolute Gasteiger partial charge is 0.339 e. The Bertz CT molecular complexity index is 1070. The van der Waals surface area contributed by atoms with E-state index in [0.29, 0.717) is 26.2 Å². The Balaban J connectivity index is 1.33. The number of amides is 1. The van der Waals surface area contributed by atoms with Crippen molar-refractivity contribution in [2.45, 2.75) is 13.1 Å². The number of anilines is 2. The molecule has 1 aliphatic rings. The summed E-state index contributed by atoms with van der Waals surface area (Å²) in [5.41, 5.74) is 1.58. The van der Waals surface area contributed by atoms with Crippen LogP contribution in [0.15, 0.2) is 60.9 Å². The summed E-state index contributed by atoms with van der Waals surface area (Å²) in [7, 11) is 0. The van der Waals surface area contributed by atoms with Gasteiger partial charge in [0.05, 0.1) is 12.1 Å². The Morgan fingerprint density at radius 1 is 1.06 bits per heavy atom. The molecule has 1 aliphatic heterocycles. The highest BCUT2D eigenvalue weighted by atomic mass is 19.4. The van der Waals surface area contributed by atoms with Crippen molar-refractivity contribution in [1.82, 2.24) is 14.5 Å². The molecular weight excluding hydrogens is 419 g/mol. The van der Waals surface area contributed by atoms with E-state index >= 15 is 0 Å². The van der Waals surface area contributed by atoms with E-state index in [1.54, 1.807) is 6.20 Å². The molecule has 0 aliphatic carbocycles. The molecular formula is C23H24F3N5O. The van der Waals surface area contributed by atoms with Crippen LogP contribution in [0.5, 0.6) is 0 Å². The fourth-order valence-electron chi connectivity index (χ4n) is 3.72. The molecule has 0 atom stereocenters. The first-order chi connectivity index (χ1) is 15.3. The van der Waals surface area contributed by atoms with Crippen molar-refractivity contribution in [3.05, 3.63) is 72.1 Å². The van der Waals surface area contributed by atoms with E-state index in [2.05, 4.69) is 39.5 Å². The number of rotatable bonds is 5. The second kappa shape index (κ2) is 9.04. The number of carbonyl (C=O) groups excluding carboxylic acids is 1. The lowest BCUT2D eigenvalue weighted by Gasteiger charge is -2.35. The van der Waals surface area contributed by atoms with Crippen molar-refractivity contribution in [2.24, 2.45) is 0 Å². The molecule has 0 spiro atoms. The normalized spacial score (nSPS) is 15.1. The van der Waals surface area contributed by atoms with Gasteiger partial charge in [-0.1, -0.05) is 23.8 Å². The molecule has 6 nitrogen and oxygen atoms in total. The van der Waals surface area contributed by atoms with Crippen LogP contribution in [0.4, 0.5) is 24.8 Å². The van der Waals surface area contributed by atoms with Crippen molar-refractivity contribution in [2.75, 3.05) is 42.9 Å². The highest BCUT2D eigenvalue weighted by Crippen LogP contribution is 2.30. The first-order valence-electron chi connectivity index (χ1n) is 10.3. The molecule has 168 valence electrons. The molecule has 2 heterocycles. The molecule has 1 aromatic heterocycles. The highest BCUT2D eigenvalue weighted by Gasteiger charge is 2.30. The number of nitrogens with zero attached hydrogens (tertiary/aromatic N) is 4. The van der Waals surface area contributed by atoms with Crippen LogP contribution in [0, 0.1) is 6.92 Å². The lowest BCUT2D eigenvalue weighted by molar-refractivity contribution is -0.137. The van der Waals surface area contributed by atoms with Crippen LogP contribution in [-0.4, -0.2) is 53.1 Å². The predicted molar refractivity (Wildman–Crippen MR) is 117 cm³/mol. The summed E-state index contributed by atoms with van der Waals surface area (Å²) in [6, 6.07) is 12.9. The first kappa shape index (κ1) is 21.9. The van der Waals surface area contributed by atoms with Crippen molar-refractivity contribution in [1.29, 1.82) is 0 Å². The van der Waals surface area contributed by atoms with E-state index in [1.165, 1.54) is 17.7 Å². The van der Waals surface area contributed by atoms with Crippen LogP contribution < -0.4 is 10.2 Å². The van der Waals surface area contributed by atoms with E-state index < -0.39 is 11.7 Å². The fourth-order valence-corrected chi connectivity index (χ4v) is 3.72. The van der Waals surface area contributed by atoms with E-state index in [4.69, 9.17) is 0 Å². The zero-order valence-electron chi connectivity index (χ0n) is 17.6. The number of alkyl halides is 3. The maximum absolute atomic E-state index is 12.9. The number of hydrogen-bond acceptors (Lipinski definition) is 4. The Kier molecular flexibility index (Phi) is 6.18. The number of halogens is 3. The van der Waals surface area contributed by atoms with Gasteiger partial charge in [0.2, 0.25) is 11.9 Å². The van der Waals surface area contributed by atoms with Crippen LogP contribution in [0.2, 0.25) is 0 Å². The zero-order chi connectivity index (χ0) is 22.7. The number of hydrogen-bond donors (Lipinski definition) is 1. The van der Waals surface area contributed by atoms with E-state index in [0.717, 1.165) is 23.8 Å². The predicted octanol–water partition coefficient (Wildman–Crippen LogP) is 3.96. The van der Waals surface area contributed by atoms with Gasteiger partial charge in [-0.2, -0.15) is 13.2 Å². The zero-order valence-corrected chi connectivity index (χ0v) is 17.6. The van der Waals surface area contributed by atoms with Gasteiger partial charge in [-0.25, -0.2) is 4.98 Å². The van der Waals surface area contributed by atoms with Crippen LogP contribution in [0.1, 0.15) is 11.1 Å². The molecule has 9 heteroatoms. The monoisotopic (exact) mass is 443 g/mol. The summed E-state index contributed by atoms with van der Waals surface area (Å²) in [4.78, 5) is 21.0. The first-order valence-corrected chi connectivity index (χ1v) is 10.3. The van der Waals surface area contributed by atoms with Crippen molar-refractivity contribution in [3.8, 4) is 5.69 Å². The molecule has 32 heavy (non-hydrogen) atoms. The lowest BCUT2D eigenvalue weighted by Crippen LogP contribution is -2.49. The Labute approximate surface area is 184 Å². The quantitative estimate of drug-likeness (QED) is 0.649. The third-order valence-corrected chi connectivity index (χ3v) is 5.43. The molecule has 0 bridgehead atoms. The van der Waals surface area contributed by atoms with E-state index in [9.17, 15) is 18.0 Å². The summed E-state index contributed by atoms with van der Waals surface area (Å²) in [6.07, 6.45) is -0.750. The maximum atomic E-state index is 12.9. The van der Waals surface area contributed by atoms with E-state index in [1.807, 2.05) is 22.6 Å². The molecule has 0 radical (unpaired) electrons. The minimum Gasteiger partial charge on any atom is -0.339 e. The Morgan fingerprint density at radius 2 is 1.78 bits per heavy atom. The van der Waals surface area contributed by atoms with Crippen LogP contribution >= 0.6 is 0 Å². The van der Waals surface area contributed by atoms with Gasteiger partial charge in [0.1, 0.15) is 0 Å². The molecule has 1 fully saturated rings. The summed E-state index contributed by atoms with van der Waals surface area (Å²) in [5.74, 6) is 0.515. The minimum atomic E-state index is -4.44.